The van der Waals surface area contributed by atoms with Crippen molar-refractivity contribution < 1.29 is 4.79 Å². The third-order valence-corrected chi connectivity index (χ3v) is 4.67. The highest BCUT2D eigenvalue weighted by Crippen LogP contribution is 2.29. The Bertz CT molecular complexity index is 475. The Morgan fingerprint density at radius 2 is 2.11 bits per heavy atom. The summed E-state index contributed by atoms with van der Waals surface area (Å²) >= 11 is 3.40. The topological polar surface area (TPSA) is 55.1 Å². The number of nitrogen functional groups attached to an aromatic ring is 1. The van der Waals surface area contributed by atoms with Gasteiger partial charge in [0.2, 0.25) is 0 Å². The average molecular weight is 325 g/mol. The molecule has 2 rings (SSSR count). The second-order valence-electron chi connectivity index (χ2n) is 5.71. The molecule has 0 heterocycles. The van der Waals surface area contributed by atoms with Crippen molar-refractivity contribution in [3.63, 3.8) is 0 Å². The summed E-state index contributed by atoms with van der Waals surface area (Å²) in [6.45, 7) is 4.50. The maximum absolute atomic E-state index is 12.3. The molecular weight excluding hydrogens is 304 g/mol. The summed E-state index contributed by atoms with van der Waals surface area (Å²) in [6.07, 6.45) is 3.43. The van der Waals surface area contributed by atoms with Gasteiger partial charge in [0.1, 0.15) is 0 Å². The molecule has 1 aromatic carbocycles. The molecular formula is C15H21BrN2O. The molecule has 1 saturated carbocycles. The zero-order valence-electron chi connectivity index (χ0n) is 11.4. The summed E-state index contributed by atoms with van der Waals surface area (Å²) in [5, 5.41) is 3.15. The Kier molecular flexibility index (Phi) is 4.50. The van der Waals surface area contributed by atoms with E-state index < -0.39 is 0 Å². The van der Waals surface area contributed by atoms with Gasteiger partial charge in [0.25, 0.3) is 5.91 Å². The highest BCUT2D eigenvalue weighted by molar-refractivity contribution is 9.10. The van der Waals surface area contributed by atoms with Crippen LogP contribution in [0, 0.1) is 11.8 Å². The van der Waals surface area contributed by atoms with E-state index in [0.717, 1.165) is 16.8 Å². The summed E-state index contributed by atoms with van der Waals surface area (Å²) in [7, 11) is 0. The monoisotopic (exact) mass is 324 g/mol. The lowest BCUT2D eigenvalue weighted by molar-refractivity contribution is 0.0899. The summed E-state index contributed by atoms with van der Waals surface area (Å²) in [5.74, 6) is 1.26. The molecule has 104 valence electrons. The molecule has 1 fully saturated rings. The largest absolute Gasteiger partial charge is 0.399 e. The van der Waals surface area contributed by atoms with Crippen molar-refractivity contribution in [1.82, 2.24) is 5.32 Å². The van der Waals surface area contributed by atoms with Crippen molar-refractivity contribution in [2.75, 3.05) is 5.73 Å². The summed E-state index contributed by atoms with van der Waals surface area (Å²) < 4.78 is 0.788. The van der Waals surface area contributed by atoms with Crippen LogP contribution in [0.3, 0.4) is 0 Å². The van der Waals surface area contributed by atoms with Crippen molar-refractivity contribution >= 4 is 27.5 Å². The molecule has 1 aliphatic carbocycles. The van der Waals surface area contributed by atoms with Gasteiger partial charge >= 0.3 is 0 Å². The minimum Gasteiger partial charge on any atom is -0.399 e. The van der Waals surface area contributed by atoms with Crippen LogP contribution in [0.2, 0.25) is 0 Å². The molecule has 19 heavy (non-hydrogen) atoms. The molecule has 0 radical (unpaired) electrons. The standard InChI is InChI=1S/C15H21BrN2O/c1-9-3-6-14(10(2)7-9)18-15(19)12-8-11(17)4-5-13(12)16/h4-5,8-10,14H,3,6-7,17H2,1-2H3,(H,18,19). The number of hydrogen-bond donors (Lipinski definition) is 2. The van der Waals surface area contributed by atoms with E-state index in [4.69, 9.17) is 5.73 Å². The number of nitrogens with one attached hydrogen (secondary N) is 1. The maximum Gasteiger partial charge on any atom is 0.252 e. The highest BCUT2D eigenvalue weighted by Gasteiger charge is 2.27. The summed E-state index contributed by atoms with van der Waals surface area (Å²) in [5.41, 5.74) is 6.97. The Balaban J connectivity index is 2.06. The first-order valence-electron chi connectivity index (χ1n) is 6.83. The summed E-state index contributed by atoms with van der Waals surface area (Å²) in [4.78, 5) is 12.3. The normalized spacial score (nSPS) is 27.0. The van der Waals surface area contributed by atoms with Crippen molar-refractivity contribution in [3.05, 3.63) is 28.2 Å². The van der Waals surface area contributed by atoms with Crippen LogP contribution in [0.1, 0.15) is 43.5 Å². The van der Waals surface area contributed by atoms with E-state index in [-0.39, 0.29) is 11.9 Å². The van der Waals surface area contributed by atoms with Gasteiger partial charge in [-0.3, -0.25) is 4.79 Å². The Morgan fingerprint density at radius 1 is 1.37 bits per heavy atom. The lowest BCUT2D eigenvalue weighted by atomic mass is 9.80. The predicted octanol–water partition coefficient (Wildman–Crippen LogP) is 3.59. The van der Waals surface area contributed by atoms with E-state index in [1.165, 1.54) is 12.8 Å². The molecule has 3 nitrogen and oxygen atoms in total. The second-order valence-corrected chi connectivity index (χ2v) is 6.57. The molecule has 4 heteroatoms. The van der Waals surface area contributed by atoms with Gasteiger partial charge in [-0.2, -0.15) is 0 Å². The summed E-state index contributed by atoms with van der Waals surface area (Å²) in [6, 6.07) is 5.59. The third-order valence-electron chi connectivity index (χ3n) is 3.98. The lowest BCUT2D eigenvalue weighted by Crippen LogP contribution is -2.42. The molecule has 1 aromatic rings. The van der Waals surface area contributed by atoms with Crippen LogP contribution in [0.4, 0.5) is 5.69 Å². The van der Waals surface area contributed by atoms with Crippen LogP contribution in [0.5, 0.6) is 0 Å². The Morgan fingerprint density at radius 3 is 2.79 bits per heavy atom. The molecule has 0 aromatic heterocycles. The van der Waals surface area contributed by atoms with E-state index in [1.807, 2.05) is 6.07 Å². The molecule has 0 spiro atoms. The van der Waals surface area contributed by atoms with Gasteiger partial charge in [0.05, 0.1) is 5.56 Å². The van der Waals surface area contributed by atoms with Crippen molar-refractivity contribution in [2.45, 2.75) is 39.2 Å². The number of carbonyl (C=O) groups is 1. The lowest BCUT2D eigenvalue weighted by Gasteiger charge is -2.33. The molecule has 1 amide bonds. The quantitative estimate of drug-likeness (QED) is 0.817. The molecule has 3 unspecified atom stereocenters. The van der Waals surface area contributed by atoms with Crippen molar-refractivity contribution in [3.8, 4) is 0 Å². The van der Waals surface area contributed by atoms with Crippen LogP contribution >= 0.6 is 15.9 Å². The third kappa shape index (κ3) is 3.50. The smallest absolute Gasteiger partial charge is 0.252 e. The van der Waals surface area contributed by atoms with Crippen LogP contribution < -0.4 is 11.1 Å². The Labute approximate surface area is 123 Å². The fourth-order valence-corrected chi connectivity index (χ4v) is 3.27. The minimum atomic E-state index is -0.0365. The number of nitrogens with two attached hydrogens (primary N) is 1. The average Bonchev–Trinajstić information content (AvgIpc) is 2.35. The van der Waals surface area contributed by atoms with Crippen molar-refractivity contribution in [1.29, 1.82) is 0 Å². The molecule has 1 aliphatic rings. The van der Waals surface area contributed by atoms with Gasteiger partial charge in [-0.25, -0.2) is 0 Å². The SMILES string of the molecule is CC1CCC(NC(=O)c2cc(N)ccc2Br)C(C)C1. The van der Waals surface area contributed by atoms with E-state index in [9.17, 15) is 4.79 Å². The van der Waals surface area contributed by atoms with E-state index in [0.29, 0.717) is 17.2 Å². The second kappa shape index (κ2) is 5.95. The zero-order valence-corrected chi connectivity index (χ0v) is 13.0. The molecule has 3 N–H and O–H groups in total. The van der Waals surface area contributed by atoms with Gasteiger partial charge in [-0.1, -0.05) is 13.8 Å². The van der Waals surface area contributed by atoms with Crippen LogP contribution in [0.25, 0.3) is 0 Å². The first-order chi connectivity index (χ1) is 8.97. The fourth-order valence-electron chi connectivity index (χ4n) is 2.84. The molecule has 0 bridgehead atoms. The fraction of sp³-hybridized carbons (Fsp3) is 0.533. The van der Waals surface area contributed by atoms with E-state index >= 15 is 0 Å². The number of halogens is 1. The van der Waals surface area contributed by atoms with Gasteiger partial charge < -0.3 is 11.1 Å². The first-order valence-corrected chi connectivity index (χ1v) is 7.62. The van der Waals surface area contributed by atoms with Gasteiger partial charge in [0.15, 0.2) is 0 Å². The van der Waals surface area contributed by atoms with E-state index in [2.05, 4.69) is 35.1 Å². The van der Waals surface area contributed by atoms with Crippen LogP contribution in [-0.2, 0) is 0 Å². The molecule has 0 saturated heterocycles. The number of rotatable bonds is 2. The number of anilines is 1. The minimum absolute atomic E-state index is 0.0365. The first kappa shape index (κ1) is 14.4. The molecule has 0 aliphatic heterocycles. The van der Waals surface area contributed by atoms with E-state index in [1.54, 1.807) is 12.1 Å². The van der Waals surface area contributed by atoms with Crippen LogP contribution in [-0.4, -0.2) is 11.9 Å². The number of amides is 1. The zero-order chi connectivity index (χ0) is 14.0. The number of benzene rings is 1. The number of hydrogen-bond acceptors (Lipinski definition) is 2. The van der Waals surface area contributed by atoms with Crippen LogP contribution in [0.15, 0.2) is 22.7 Å². The Hall–Kier alpha value is -1.03. The van der Waals surface area contributed by atoms with Gasteiger partial charge in [-0.05, 0) is 65.2 Å². The predicted molar refractivity (Wildman–Crippen MR) is 82.0 cm³/mol. The molecule has 3 atom stereocenters. The van der Waals surface area contributed by atoms with Crippen molar-refractivity contribution in [2.24, 2.45) is 11.8 Å². The van der Waals surface area contributed by atoms with Gasteiger partial charge in [-0.15, -0.1) is 0 Å². The van der Waals surface area contributed by atoms with Gasteiger partial charge in [0, 0.05) is 16.2 Å². The highest BCUT2D eigenvalue weighted by atomic mass is 79.9. The maximum atomic E-state index is 12.3. The number of carbonyl (C=O) groups excluding carboxylic acids is 1.